The number of aromatic nitrogens is 2. The Morgan fingerprint density at radius 2 is 1.63 bits per heavy atom. The van der Waals surface area contributed by atoms with Crippen molar-refractivity contribution in [3.05, 3.63) is 74.4 Å². The fourth-order valence-corrected chi connectivity index (χ4v) is 3.05. The lowest BCUT2D eigenvalue weighted by molar-refractivity contribution is -0.0498. The number of aliphatic hydroxyl groups is 1. The van der Waals surface area contributed by atoms with Crippen LogP contribution in [0.5, 0.6) is 5.75 Å². The van der Waals surface area contributed by atoms with E-state index in [0.29, 0.717) is 11.6 Å². The summed E-state index contributed by atoms with van der Waals surface area (Å²) in [5, 5.41) is 9.90. The molecule has 3 rings (SSSR count). The van der Waals surface area contributed by atoms with Gasteiger partial charge in [0.25, 0.3) is 5.56 Å². The quantitative estimate of drug-likeness (QED) is 0.616. The van der Waals surface area contributed by atoms with Gasteiger partial charge in [0.05, 0.1) is 29.6 Å². The highest BCUT2D eigenvalue weighted by molar-refractivity contribution is 5.78. The maximum absolute atomic E-state index is 13.8. The highest BCUT2D eigenvalue weighted by atomic mass is 19.3. The lowest BCUT2D eigenvalue weighted by Crippen LogP contribution is -2.43. The molecule has 6 nitrogen and oxygen atoms in total. The number of nitrogens with zero attached hydrogens (tertiary/aromatic N) is 2. The van der Waals surface area contributed by atoms with Crippen molar-refractivity contribution in [1.82, 2.24) is 9.13 Å². The van der Waals surface area contributed by atoms with Gasteiger partial charge in [0.1, 0.15) is 5.75 Å². The summed E-state index contributed by atoms with van der Waals surface area (Å²) in [6, 6.07) is 6.71. The summed E-state index contributed by atoms with van der Waals surface area (Å²) in [6.45, 7) is -0.698. The molecule has 0 bridgehead atoms. The van der Waals surface area contributed by atoms with Gasteiger partial charge in [-0.3, -0.25) is 13.9 Å². The molecule has 10 heteroatoms. The molecule has 0 fully saturated rings. The molecule has 1 N–H and O–H groups in total. The minimum atomic E-state index is -3.00. The molecular weight excluding hydrogens is 408 g/mol. The third kappa shape index (κ3) is 4.54. The lowest BCUT2D eigenvalue weighted by atomic mass is 10.1. The number of ether oxygens (including phenoxy) is 1. The van der Waals surface area contributed by atoms with E-state index in [1.165, 1.54) is 38.1 Å². The predicted octanol–water partition coefficient (Wildman–Crippen LogP) is 2.86. The van der Waals surface area contributed by atoms with E-state index in [1.807, 2.05) is 0 Å². The van der Waals surface area contributed by atoms with Crippen LogP contribution < -0.4 is 16.0 Å². The van der Waals surface area contributed by atoms with E-state index in [1.54, 1.807) is 0 Å². The van der Waals surface area contributed by atoms with Crippen molar-refractivity contribution in [3.8, 4) is 5.75 Å². The van der Waals surface area contributed by atoms with Gasteiger partial charge >= 0.3 is 12.3 Å². The molecule has 0 saturated carbocycles. The van der Waals surface area contributed by atoms with Gasteiger partial charge in [-0.2, -0.15) is 8.78 Å². The van der Waals surface area contributed by atoms with Crippen LogP contribution in [0.4, 0.5) is 17.6 Å². The molecule has 0 amide bonds. The Bertz CT molecular complexity index is 1200. The SMILES string of the molecule is CC(C)(O)Cn1c(=O)n(Cc2ccc(OC(F)F)cc2)c(=O)c2cc(F)c(F)cc21. The van der Waals surface area contributed by atoms with E-state index in [0.717, 1.165) is 15.2 Å². The molecule has 160 valence electrons. The Morgan fingerprint density at radius 1 is 1.03 bits per heavy atom. The summed E-state index contributed by atoms with van der Waals surface area (Å²) in [4.78, 5) is 25.8. The van der Waals surface area contributed by atoms with Gasteiger partial charge < -0.3 is 9.84 Å². The van der Waals surface area contributed by atoms with Crippen molar-refractivity contribution in [2.24, 2.45) is 0 Å². The van der Waals surface area contributed by atoms with Crippen LogP contribution in [0.3, 0.4) is 0 Å². The Morgan fingerprint density at radius 3 is 2.20 bits per heavy atom. The third-order valence-corrected chi connectivity index (χ3v) is 4.30. The zero-order valence-electron chi connectivity index (χ0n) is 16.0. The van der Waals surface area contributed by atoms with Crippen molar-refractivity contribution in [2.75, 3.05) is 0 Å². The van der Waals surface area contributed by atoms with Crippen LogP contribution in [0, 0.1) is 11.6 Å². The van der Waals surface area contributed by atoms with Crippen molar-refractivity contribution >= 4 is 10.9 Å². The zero-order chi connectivity index (χ0) is 22.2. The second-order valence-electron chi connectivity index (χ2n) is 7.38. The molecule has 2 aromatic carbocycles. The normalized spacial score (nSPS) is 12.0. The molecule has 30 heavy (non-hydrogen) atoms. The Kier molecular flexibility index (Phi) is 5.71. The van der Waals surface area contributed by atoms with Crippen molar-refractivity contribution in [1.29, 1.82) is 0 Å². The smallest absolute Gasteiger partial charge is 0.387 e. The van der Waals surface area contributed by atoms with Crippen LogP contribution in [0.2, 0.25) is 0 Å². The highest BCUT2D eigenvalue weighted by Gasteiger charge is 2.21. The molecular formula is C20H18F4N2O4. The second kappa shape index (κ2) is 7.94. The van der Waals surface area contributed by atoms with E-state index >= 15 is 0 Å². The summed E-state index contributed by atoms with van der Waals surface area (Å²) in [5.74, 6) is -2.59. The molecule has 0 unspecified atom stereocenters. The second-order valence-corrected chi connectivity index (χ2v) is 7.38. The van der Waals surface area contributed by atoms with Gasteiger partial charge in [-0.05, 0) is 37.6 Å². The average Bonchev–Trinajstić information content (AvgIpc) is 2.64. The van der Waals surface area contributed by atoms with Gasteiger partial charge in [0.15, 0.2) is 11.6 Å². The van der Waals surface area contributed by atoms with Gasteiger partial charge in [-0.15, -0.1) is 0 Å². The predicted molar refractivity (Wildman–Crippen MR) is 101 cm³/mol. The largest absolute Gasteiger partial charge is 0.435 e. The topological polar surface area (TPSA) is 73.5 Å². The summed E-state index contributed by atoms with van der Waals surface area (Å²) >= 11 is 0. The maximum atomic E-state index is 13.8. The first-order chi connectivity index (χ1) is 14.0. The van der Waals surface area contributed by atoms with Crippen molar-refractivity contribution < 1.29 is 27.4 Å². The van der Waals surface area contributed by atoms with E-state index in [9.17, 15) is 32.3 Å². The third-order valence-electron chi connectivity index (χ3n) is 4.30. The summed E-state index contributed by atoms with van der Waals surface area (Å²) < 4.78 is 58.1. The van der Waals surface area contributed by atoms with Gasteiger partial charge in [0, 0.05) is 6.07 Å². The lowest BCUT2D eigenvalue weighted by Gasteiger charge is -2.21. The monoisotopic (exact) mass is 426 g/mol. The number of fused-ring (bicyclic) bond motifs is 1. The van der Waals surface area contributed by atoms with E-state index < -0.39 is 35.1 Å². The molecule has 3 aromatic rings. The summed E-state index contributed by atoms with van der Waals surface area (Å²) in [7, 11) is 0. The molecule has 0 radical (unpaired) electrons. The van der Waals surface area contributed by atoms with Crippen LogP contribution in [0.25, 0.3) is 10.9 Å². The Labute approximate surface area is 167 Å². The van der Waals surface area contributed by atoms with Gasteiger partial charge in [-0.1, -0.05) is 12.1 Å². The molecule has 0 aliphatic carbocycles. The summed E-state index contributed by atoms with van der Waals surface area (Å²) in [5.41, 5.74) is -2.82. The number of hydrogen-bond acceptors (Lipinski definition) is 4. The van der Waals surface area contributed by atoms with Crippen LogP contribution in [-0.2, 0) is 13.1 Å². The average molecular weight is 426 g/mol. The fraction of sp³-hybridized carbons (Fsp3) is 0.300. The molecule has 0 spiro atoms. The first kappa shape index (κ1) is 21.6. The number of rotatable bonds is 6. The minimum absolute atomic E-state index is 0.100. The number of benzene rings is 2. The summed E-state index contributed by atoms with van der Waals surface area (Å²) in [6.07, 6.45) is 0. The molecule has 0 saturated heterocycles. The van der Waals surface area contributed by atoms with Crippen molar-refractivity contribution in [3.63, 3.8) is 0 Å². The van der Waals surface area contributed by atoms with E-state index in [4.69, 9.17) is 0 Å². The van der Waals surface area contributed by atoms with Crippen LogP contribution >= 0.6 is 0 Å². The minimum Gasteiger partial charge on any atom is -0.435 e. The molecule has 1 aromatic heterocycles. The zero-order valence-corrected chi connectivity index (χ0v) is 16.0. The Hall–Kier alpha value is -3.14. The first-order valence-electron chi connectivity index (χ1n) is 8.85. The van der Waals surface area contributed by atoms with Crippen LogP contribution in [0.1, 0.15) is 19.4 Å². The van der Waals surface area contributed by atoms with Crippen LogP contribution in [0.15, 0.2) is 46.0 Å². The maximum Gasteiger partial charge on any atom is 0.387 e. The van der Waals surface area contributed by atoms with Crippen LogP contribution in [-0.4, -0.2) is 26.5 Å². The highest BCUT2D eigenvalue weighted by Crippen LogP contribution is 2.18. The van der Waals surface area contributed by atoms with E-state index in [2.05, 4.69) is 4.74 Å². The van der Waals surface area contributed by atoms with E-state index in [-0.39, 0.29) is 29.7 Å². The fourth-order valence-electron chi connectivity index (χ4n) is 3.05. The van der Waals surface area contributed by atoms with Gasteiger partial charge in [-0.25, -0.2) is 13.6 Å². The molecule has 0 aliphatic heterocycles. The molecule has 1 heterocycles. The number of alkyl halides is 2. The molecule has 0 aliphatic rings. The first-order valence-corrected chi connectivity index (χ1v) is 8.85. The molecule has 0 atom stereocenters. The number of halogens is 4. The Balaban J connectivity index is 2.16. The standard InChI is InChI=1S/C20H18F4N2O4/c1-20(2,29)10-26-16-8-15(22)14(21)7-13(16)17(27)25(19(26)28)9-11-3-5-12(6-4-11)30-18(23)24/h3-8,18,29H,9-10H2,1-2H3. The van der Waals surface area contributed by atoms with Gasteiger partial charge in [0.2, 0.25) is 0 Å². The number of hydrogen-bond donors (Lipinski definition) is 1. The van der Waals surface area contributed by atoms with Crippen molar-refractivity contribution in [2.45, 2.75) is 39.1 Å².